The van der Waals surface area contributed by atoms with Crippen molar-refractivity contribution in [3.63, 3.8) is 0 Å². The van der Waals surface area contributed by atoms with Crippen molar-refractivity contribution in [3.8, 4) is 0 Å². The zero-order chi connectivity index (χ0) is 20.1. The Morgan fingerprint density at radius 3 is 2.07 bits per heavy atom. The van der Waals surface area contributed by atoms with Gasteiger partial charge in [-0.2, -0.15) is 0 Å². The molecule has 0 saturated heterocycles. The number of hydrogen-bond donors (Lipinski definition) is 2. The van der Waals surface area contributed by atoms with E-state index < -0.39 is 6.04 Å². The van der Waals surface area contributed by atoms with Crippen LogP contribution in [0.4, 0.5) is 5.69 Å². The van der Waals surface area contributed by atoms with Crippen molar-refractivity contribution in [3.05, 3.63) is 29.3 Å². The molecule has 0 aliphatic heterocycles. The maximum absolute atomic E-state index is 13.4. The summed E-state index contributed by atoms with van der Waals surface area (Å²) in [6.45, 7) is 8.06. The Hall–Kier alpha value is -1.84. The fraction of sp³-hybridized carbons (Fsp3) is 0.667. The maximum Gasteiger partial charge on any atom is 0.247 e. The van der Waals surface area contributed by atoms with E-state index in [1.165, 1.54) is 24.8 Å². The van der Waals surface area contributed by atoms with Crippen molar-refractivity contribution in [2.45, 2.75) is 72.3 Å². The highest BCUT2D eigenvalue weighted by Gasteiger charge is 2.55. The lowest BCUT2D eigenvalue weighted by atomic mass is 9.49. The monoisotopic (exact) mass is 382 g/mol. The molecule has 4 saturated carbocycles. The van der Waals surface area contributed by atoms with Crippen LogP contribution in [0.2, 0.25) is 0 Å². The quantitative estimate of drug-likeness (QED) is 0.782. The van der Waals surface area contributed by atoms with E-state index in [4.69, 9.17) is 0 Å². The number of carbonyl (C=O) groups is 2. The van der Waals surface area contributed by atoms with Crippen molar-refractivity contribution in [1.29, 1.82) is 0 Å². The molecule has 4 heteroatoms. The summed E-state index contributed by atoms with van der Waals surface area (Å²) in [7, 11) is 0. The smallest absolute Gasteiger partial charge is 0.247 e. The summed E-state index contributed by atoms with van der Waals surface area (Å²) >= 11 is 0. The Morgan fingerprint density at radius 2 is 1.57 bits per heavy atom. The minimum absolute atomic E-state index is 0.0450. The molecule has 4 bridgehead atoms. The maximum atomic E-state index is 13.4. The van der Waals surface area contributed by atoms with E-state index in [1.54, 1.807) is 0 Å². The summed E-state index contributed by atoms with van der Waals surface area (Å²) in [6.07, 6.45) is 7.00. The Balaban J connectivity index is 1.47. The number of aryl methyl sites for hydroxylation is 2. The fourth-order valence-corrected chi connectivity index (χ4v) is 6.38. The number of rotatable bonds is 5. The van der Waals surface area contributed by atoms with Crippen LogP contribution in [0.3, 0.4) is 0 Å². The molecule has 4 fully saturated rings. The lowest BCUT2D eigenvalue weighted by molar-refractivity contribution is -0.148. The lowest BCUT2D eigenvalue weighted by Crippen LogP contribution is -2.57. The topological polar surface area (TPSA) is 58.2 Å². The number of benzene rings is 1. The third-order valence-corrected chi connectivity index (χ3v) is 7.40. The van der Waals surface area contributed by atoms with Gasteiger partial charge in [0.1, 0.15) is 6.04 Å². The number of amides is 2. The van der Waals surface area contributed by atoms with Crippen molar-refractivity contribution >= 4 is 17.5 Å². The zero-order valence-corrected chi connectivity index (χ0v) is 17.7. The summed E-state index contributed by atoms with van der Waals surface area (Å²) in [5.41, 5.74) is 2.82. The van der Waals surface area contributed by atoms with Crippen LogP contribution in [-0.2, 0) is 9.59 Å². The molecule has 0 aromatic heterocycles. The van der Waals surface area contributed by atoms with Gasteiger partial charge in [-0.15, -0.1) is 0 Å². The van der Waals surface area contributed by atoms with E-state index >= 15 is 0 Å². The van der Waals surface area contributed by atoms with Gasteiger partial charge in [-0.1, -0.05) is 31.5 Å². The summed E-state index contributed by atoms with van der Waals surface area (Å²) in [5.74, 6) is 2.22. The molecular weight excluding hydrogens is 348 g/mol. The third-order valence-electron chi connectivity index (χ3n) is 7.40. The van der Waals surface area contributed by atoms with Crippen LogP contribution in [0, 0.1) is 42.9 Å². The molecule has 4 nitrogen and oxygen atoms in total. The first-order chi connectivity index (χ1) is 13.3. The van der Waals surface area contributed by atoms with E-state index in [0.29, 0.717) is 0 Å². The average molecular weight is 383 g/mol. The SMILES string of the molecule is Cc1ccc(NC(=O)[C@@H](NC(=O)C23CC4CC(CC(C4)C2)C3)C(C)C)c(C)c1. The van der Waals surface area contributed by atoms with E-state index in [0.717, 1.165) is 48.3 Å². The zero-order valence-electron chi connectivity index (χ0n) is 17.7. The van der Waals surface area contributed by atoms with Crippen molar-refractivity contribution in [2.24, 2.45) is 29.1 Å². The highest BCUT2D eigenvalue weighted by Crippen LogP contribution is 2.60. The molecule has 152 valence electrons. The van der Waals surface area contributed by atoms with Gasteiger partial charge in [-0.05, 0) is 87.7 Å². The van der Waals surface area contributed by atoms with Gasteiger partial charge in [-0.25, -0.2) is 0 Å². The molecule has 5 rings (SSSR count). The van der Waals surface area contributed by atoms with Gasteiger partial charge < -0.3 is 10.6 Å². The molecule has 2 N–H and O–H groups in total. The van der Waals surface area contributed by atoms with E-state index in [9.17, 15) is 9.59 Å². The molecule has 0 radical (unpaired) electrons. The Kier molecular flexibility index (Phi) is 5.01. The number of anilines is 1. The van der Waals surface area contributed by atoms with Gasteiger partial charge in [0.05, 0.1) is 0 Å². The fourth-order valence-electron chi connectivity index (χ4n) is 6.38. The van der Waals surface area contributed by atoms with Crippen LogP contribution in [0.5, 0.6) is 0 Å². The molecule has 1 aromatic carbocycles. The van der Waals surface area contributed by atoms with Crippen LogP contribution in [-0.4, -0.2) is 17.9 Å². The highest BCUT2D eigenvalue weighted by molar-refractivity contribution is 5.98. The lowest BCUT2D eigenvalue weighted by Gasteiger charge is -2.55. The van der Waals surface area contributed by atoms with Crippen LogP contribution >= 0.6 is 0 Å². The average Bonchev–Trinajstić information content (AvgIpc) is 2.60. The molecule has 28 heavy (non-hydrogen) atoms. The molecule has 1 aromatic rings. The number of carbonyl (C=O) groups excluding carboxylic acids is 2. The second-order valence-electron chi connectivity index (χ2n) is 10.2. The summed E-state index contributed by atoms with van der Waals surface area (Å²) in [4.78, 5) is 26.4. The van der Waals surface area contributed by atoms with Gasteiger partial charge in [0.25, 0.3) is 0 Å². The molecule has 4 aliphatic carbocycles. The van der Waals surface area contributed by atoms with Crippen LogP contribution in [0.1, 0.15) is 63.5 Å². The first-order valence-corrected chi connectivity index (χ1v) is 10.9. The Labute approximate surface area is 168 Å². The summed E-state index contributed by atoms with van der Waals surface area (Å²) in [6, 6.07) is 5.51. The standard InChI is InChI=1S/C24H34N2O2/c1-14(2)21(22(27)25-20-6-5-15(3)7-16(20)4)26-23(28)24-11-17-8-18(12-24)10-19(9-17)13-24/h5-7,14,17-19,21H,8-13H2,1-4H3,(H,25,27)(H,26,28)/t17?,18?,19?,21-,24?/m0/s1. The van der Waals surface area contributed by atoms with E-state index in [2.05, 4.69) is 16.7 Å². The number of nitrogens with one attached hydrogen (secondary N) is 2. The minimum Gasteiger partial charge on any atom is -0.344 e. The van der Waals surface area contributed by atoms with Crippen molar-refractivity contribution in [2.75, 3.05) is 5.32 Å². The van der Waals surface area contributed by atoms with E-state index in [-0.39, 0.29) is 23.1 Å². The summed E-state index contributed by atoms with van der Waals surface area (Å²) in [5, 5.41) is 6.22. The predicted octanol–water partition coefficient (Wildman–Crippen LogP) is 4.60. The van der Waals surface area contributed by atoms with Crippen LogP contribution in [0.15, 0.2) is 18.2 Å². The predicted molar refractivity (Wildman–Crippen MR) is 112 cm³/mol. The van der Waals surface area contributed by atoms with Gasteiger partial charge in [0.2, 0.25) is 11.8 Å². The first-order valence-electron chi connectivity index (χ1n) is 10.9. The molecule has 1 atom stereocenters. The third kappa shape index (κ3) is 3.58. The Bertz CT molecular complexity index is 748. The first kappa shape index (κ1) is 19.5. The number of hydrogen-bond acceptors (Lipinski definition) is 2. The largest absolute Gasteiger partial charge is 0.344 e. The van der Waals surface area contributed by atoms with Gasteiger partial charge in [0, 0.05) is 11.1 Å². The minimum atomic E-state index is -0.499. The van der Waals surface area contributed by atoms with Gasteiger partial charge >= 0.3 is 0 Å². The van der Waals surface area contributed by atoms with Gasteiger partial charge in [0.15, 0.2) is 0 Å². The van der Waals surface area contributed by atoms with Crippen molar-refractivity contribution < 1.29 is 9.59 Å². The molecule has 0 heterocycles. The van der Waals surface area contributed by atoms with Gasteiger partial charge in [-0.3, -0.25) is 9.59 Å². The van der Waals surface area contributed by atoms with E-state index in [1.807, 2.05) is 39.8 Å². The molecular formula is C24H34N2O2. The second kappa shape index (κ2) is 7.20. The molecule has 0 spiro atoms. The van der Waals surface area contributed by atoms with Crippen LogP contribution in [0.25, 0.3) is 0 Å². The highest BCUT2D eigenvalue weighted by atomic mass is 16.2. The normalized spacial score (nSPS) is 31.7. The van der Waals surface area contributed by atoms with Crippen molar-refractivity contribution in [1.82, 2.24) is 5.32 Å². The molecule has 4 aliphatic rings. The molecule has 2 amide bonds. The van der Waals surface area contributed by atoms with Crippen LogP contribution < -0.4 is 10.6 Å². The molecule has 0 unspecified atom stereocenters. The summed E-state index contributed by atoms with van der Waals surface area (Å²) < 4.78 is 0. The second-order valence-corrected chi connectivity index (χ2v) is 10.2. The Morgan fingerprint density at radius 1 is 1.00 bits per heavy atom.